The maximum Gasteiger partial charge on any atom is 0.258 e. The zero-order valence-corrected chi connectivity index (χ0v) is 12.3. The largest absolute Gasteiger partial charge is 0.388 e. The second-order valence-electron chi connectivity index (χ2n) is 4.08. The van der Waals surface area contributed by atoms with Gasteiger partial charge >= 0.3 is 0 Å². The predicted octanol–water partition coefficient (Wildman–Crippen LogP) is 3.60. The molecule has 0 fully saturated rings. The Morgan fingerprint density at radius 2 is 1.95 bits per heavy atom. The number of pyridine rings is 1. The molecule has 0 amide bonds. The van der Waals surface area contributed by atoms with Crippen LogP contribution in [0.25, 0.3) is 23.0 Å². The van der Waals surface area contributed by atoms with E-state index in [1.54, 1.807) is 6.20 Å². The SMILES string of the molecule is CNc1ccc(-c2nc(-c3ncccc3Br)no2)cc1. The minimum absolute atomic E-state index is 0.463. The van der Waals surface area contributed by atoms with Gasteiger partial charge in [-0.25, -0.2) is 0 Å². The lowest BCUT2D eigenvalue weighted by molar-refractivity contribution is 0.432. The first kappa shape index (κ1) is 12.8. The molecule has 0 unspecified atom stereocenters. The topological polar surface area (TPSA) is 63.8 Å². The third-order valence-electron chi connectivity index (χ3n) is 2.82. The number of benzene rings is 1. The third kappa shape index (κ3) is 2.42. The minimum Gasteiger partial charge on any atom is -0.388 e. The van der Waals surface area contributed by atoms with Gasteiger partial charge in [0.05, 0.1) is 0 Å². The Labute approximate surface area is 124 Å². The van der Waals surface area contributed by atoms with Gasteiger partial charge in [-0.3, -0.25) is 4.98 Å². The molecule has 2 heterocycles. The molecular weight excluding hydrogens is 320 g/mol. The predicted molar refractivity (Wildman–Crippen MR) is 80.2 cm³/mol. The second-order valence-corrected chi connectivity index (χ2v) is 4.94. The van der Waals surface area contributed by atoms with Gasteiger partial charge < -0.3 is 9.84 Å². The highest BCUT2D eigenvalue weighted by Gasteiger charge is 2.13. The van der Waals surface area contributed by atoms with Crippen molar-refractivity contribution in [1.82, 2.24) is 15.1 Å². The summed E-state index contributed by atoms with van der Waals surface area (Å²) in [6, 6.07) is 11.5. The van der Waals surface area contributed by atoms with Crippen molar-refractivity contribution in [2.45, 2.75) is 0 Å². The standard InChI is InChI=1S/C14H11BrN4O/c1-16-10-6-4-9(5-7-10)14-18-13(19-20-14)12-11(15)3-2-8-17-12/h2-8,16H,1H3. The number of halogens is 1. The highest BCUT2D eigenvalue weighted by atomic mass is 79.9. The summed E-state index contributed by atoms with van der Waals surface area (Å²) in [6.45, 7) is 0. The maximum absolute atomic E-state index is 5.29. The molecule has 3 rings (SSSR count). The molecule has 0 bridgehead atoms. The fourth-order valence-corrected chi connectivity index (χ4v) is 2.20. The van der Waals surface area contributed by atoms with Crippen LogP contribution >= 0.6 is 15.9 Å². The van der Waals surface area contributed by atoms with Crippen LogP contribution in [-0.4, -0.2) is 22.2 Å². The monoisotopic (exact) mass is 330 g/mol. The van der Waals surface area contributed by atoms with Gasteiger partial charge in [0.25, 0.3) is 5.89 Å². The summed E-state index contributed by atoms with van der Waals surface area (Å²) in [5.41, 5.74) is 2.56. The van der Waals surface area contributed by atoms with E-state index in [-0.39, 0.29) is 0 Å². The normalized spacial score (nSPS) is 10.5. The lowest BCUT2D eigenvalue weighted by Gasteiger charge is -1.99. The van der Waals surface area contributed by atoms with Crippen LogP contribution in [0, 0.1) is 0 Å². The Bertz CT molecular complexity index is 724. The van der Waals surface area contributed by atoms with Crippen molar-refractivity contribution in [3.8, 4) is 23.0 Å². The molecular formula is C14H11BrN4O. The Balaban J connectivity index is 1.95. The first-order valence-corrected chi connectivity index (χ1v) is 6.80. The lowest BCUT2D eigenvalue weighted by Crippen LogP contribution is -1.88. The highest BCUT2D eigenvalue weighted by Crippen LogP contribution is 2.26. The molecule has 0 aliphatic rings. The molecule has 0 radical (unpaired) electrons. The molecule has 1 aromatic carbocycles. The summed E-state index contributed by atoms with van der Waals surface area (Å²) in [5, 5.41) is 7.03. The first-order chi connectivity index (χ1) is 9.78. The van der Waals surface area contributed by atoms with Crippen LogP contribution in [-0.2, 0) is 0 Å². The van der Waals surface area contributed by atoms with E-state index in [2.05, 4.69) is 36.4 Å². The summed E-state index contributed by atoms with van der Waals surface area (Å²) in [7, 11) is 1.87. The number of nitrogens with zero attached hydrogens (tertiary/aromatic N) is 3. The van der Waals surface area contributed by atoms with Crippen molar-refractivity contribution < 1.29 is 4.52 Å². The third-order valence-corrected chi connectivity index (χ3v) is 3.46. The number of hydrogen-bond donors (Lipinski definition) is 1. The van der Waals surface area contributed by atoms with E-state index in [1.165, 1.54) is 0 Å². The Morgan fingerprint density at radius 1 is 1.15 bits per heavy atom. The lowest BCUT2D eigenvalue weighted by atomic mass is 10.2. The number of hydrogen-bond acceptors (Lipinski definition) is 5. The summed E-state index contributed by atoms with van der Waals surface area (Å²) >= 11 is 3.42. The smallest absolute Gasteiger partial charge is 0.258 e. The quantitative estimate of drug-likeness (QED) is 0.794. The number of nitrogens with one attached hydrogen (secondary N) is 1. The van der Waals surface area contributed by atoms with Crippen LogP contribution < -0.4 is 5.32 Å². The number of aromatic nitrogens is 3. The molecule has 20 heavy (non-hydrogen) atoms. The molecule has 0 atom stereocenters. The fourth-order valence-electron chi connectivity index (χ4n) is 1.77. The van der Waals surface area contributed by atoms with E-state index in [0.717, 1.165) is 15.7 Å². The van der Waals surface area contributed by atoms with Gasteiger partial charge in [-0.05, 0) is 52.3 Å². The van der Waals surface area contributed by atoms with Gasteiger partial charge in [-0.1, -0.05) is 5.16 Å². The highest BCUT2D eigenvalue weighted by molar-refractivity contribution is 9.10. The Hall–Kier alpha value is -2.21. The van der Waals surface area contributed by atoms with Gasteiger partial charge in [0.2, 0.25) is 5.82 Å². The molecule has 0 saturated carbocycles. The van der Waals surface area contributed by atoms with E-state index in [1.807, 2.05) is 43.4 Å². The summed E-state index contributed by atoms with van der Waals surface area (Å²) in [6.07, 6.45) is 1.69. The van der Waals surface area contributed by atoms with Crippen LogP contribution in [0.15, 0.2) is 51.6 Å². The van der Waals surface area contributed by atoms with Crippen LogP contribution in [0.2, 0.25) is 0 Å². The molecule has 0 saturated heterocycles. The van der Waals surface area contributed by atoms with Gasteiger partial charge in [-0.2, -0.15) is 4.98 Å². The van der Waals surface area contributed by atoms with Crippen molar-refractivity contribution in [1.29, 1.82) is 0 Å². The fraction of sp³-hybridized carbons (Fsp3) is 0.0714. The van der Waals surface area contributed by atoms with Crippen LogP contribution in [0.3, 0.4) is 0 Å². The van der Waals surface area contributed by atoms with Gasteiger partial charge in [0.15, 0.2) is 0 Å². The molecule has 0 aliphatic heterocycles. The Morgan fingerprint density at radius 3 is 2.65 bits per heavy atom. The van der Waals surface area contributed by atoms with Crippen molar-refractivity contribution >= 4 is 21.6 Å². The summed E-state index contributed by atoms with van der Waals surface area (Å²) in [4.78, 5) is 8.62. The van der Waals surface area contributed by atoms with E-state index >= 15 is 0 Å². The maximum atomic E-state index is 5.29. The molecule has 3 aromatic rings. The van der Waals surface area contributed by atoms with Crippen LogP contribution in [0.5, 0.6) is 0 Å². The first-order valence-electron chi connectivity index (χ1n) is 6.01. The van der Waals surface area contributed by atoms with E-state index < -0.39 is 0 Å². The van der Waals surface area contributed by atoms with Gasteiger partial charge in [0, 0.05) is 29.0 Å². The number of anilines is 1. The summed E-state index contributed by atoms with van der Waals surface area (Å²) in [5.74, 6) is 0.936. The average Bonchev–Trinajstić information content (AvgIpc) is 2.97. The average molecular weight is 331 g/mol. The number of rotatable bonds is 3. The molecule has 5 nitrogen and oxygen atoms in total. The van der Waals surface area contributed by atoms with E-state index in [9.17, 15) is 0 Å². The van der Waals surface area contributed by atoms with Crippen molar-refractivity contribution in [3.63, 3.8) is 0 Å². The van der Waals surface area contributed by atoms with Crippen LogP contribution in [0.4, 0.5) is 5.69 Å². The summed E-state index contributed by atoms with van der Waals surface area (Å²) < 4.78 is 6.12. The van der Waals surface area contributed by atoms with Gasteiger partial charge in [-0.15, -0.1) is 0 Å². The zero-order chi connectivity index (χ0) is 13.9. The van der Waals surface area contributed by atoms with E-state index in [4.69, 9.17) is 4.52 Å². The van der Waals surface area contributed by atoms with Crippen molar-refractivity contribution in [2.75, 3.05) is 12.4 Å². The molecule has 6 heteroatoms. The molecule has 1 N–H and O–H groups in total. The molecule has 0 aliphatic carbocycles. The minimum atomic E-state index is 0.463. The molecule has 0 spiro atoms. The van der Waals surface area contributed by atoms with Crippen molar-refractivity contribution in [2.24, 2.45) is 0 Å². The van der Waals surface area contributed by atoms with Crippen LogP contribution in [0.1, 0.15) is 0 Å². The zero-order valence-electron chi connectivity index (χ0n) is 10.7. The molecule has 100 valence electrons. The van der Waals surface area contributed by atoms with Gasteiger partial charge in [0.1, 0.15) is 5.69 Å². The van der Waals surface area contributed by atoms with Crippen molar-refractivity contribution in [3.05, 3.63) is 47.1 Å². The molecule has 2 aromatic heterocycles. The van der Waals surface area contributed by atoms with E-state index in [0.29, 0.717) is 17.4 Å². The Kier molecular flexibility index (Phi) is 3.47. The second kappa shape index (κ2) is 5.42.